The van der Waals surface area contributed by atoms with Crippen LogP contribution < -0.4 is 5.32 Å². The van der Waals surface area contributed by atoms with Crippen LogP contribution in [0.1, 0.15) is 17.5 Å². The second-order valence-electron chi connectivity index (χ2n) is 6.34. The maximum Gasteiger partial charge on any atom is 0.221 e. The van der Waals surface area contributed by atoms with Gasteiger partial charge in [0, 0.05) is 26.1 Å². The van der Waals surface area contributed by atoms with E-state index in [1.54, 1.807) is 18.2 Å². The van der Waals surface area contributed by atoms with E-state index in [1.807, 2.05) is 30.3 Å². The van der Waals surface area contributed by atoms with Gasteiger partial charge in [-0.05, 0) is 30.0 Å². The Kier molecular flexibility index (Phi) is 7.94. The molecule has 0 spiro atoms. The smallest absolute Gasteiger partial charge is 0.221 e. The van der Waals surface area contributed by atoms with E-state index >= 15 is 0 Å². The lowest BCUT2D eigenvalue weighted by atomic mass is 10.1. The van der Waals surface area contributed by atoms with Crippen LogP contribution in [0.25, 0.3) is 0 Å². The molecule has 2 rings (SSSR count). The van der Waals surface area contributed by atoms with Gasteiger partial charge in [0.25, 0.3) is 0 Å². The van der Waals surface area contributed by atoms with Gasteiger partial charge in [0.05, 0.1) is 6.26 Å². The summed E-state index contributed by atoms with van der Waals surface area (Å²) in [6.45, 7) is 0.755. The van der Waals surface area contributed by atoms with Crippen molar-refractivity contribution in [1.29, 1.82) is 0 Å². The van der Waals surface area contributed by atoms with Crippen molar-refractivity contribution in [3.8, 4) is 0 Å². The van der Waals surface area contributed by atoms with Crippen molar-refractivity contribution in [2.24, 2.45) is 0 Å². The molecule has 0 saturated heterocycles. The predicted molar refractivity (Wildman–Crippen MR) is 104 cm³/mol. The number of halogens is 1. The van der Waals surface area contributed by atoms with Gasteiger partial charge < -0.3 is 5.32 Å². The van der Waals surface area contributed by atoms with Crippen LogP contribution in [0, 0.1) is 5.82 Å². The van der Waals surface area contributed by atoms with E-state index in [2.05, 4.69) is 5.32 Å². The highest BCUT2D eigenvalue weighted by Gasteiger charge is 2.17. The Bertz CT molecular complexity index is 841. The summed E-state index contributed by atoms with van der Waals surface area (Å²) in [5.74, 6) is -0.546. The van der Waals surface area contributed by atoms with Crippen molar-refractivity contribution >= 4 is 15.9 Å². The van der Waals surface area contributed by atoms with Gasteiger partial charge in [-0.1, -0.05) is 48.5 Å². The third-order valence-corrected chi connectivity index (χ3v) is 5.53. The van der Waals surface area contributed by atoms with Crippen LogP contribution in [0.3, 0.4) is 0 Å². The Morgan fingerprint density at radius 3 is 2.33 bits per heavy atom. The van der Waals surface area contributed by atoms with Crippen LogP contribution in [0.2, 0.25) is 0 Å². The summed E-state index contributed by atoms with van der Waals surface area (Å²) in [6, 6.07) is 16.0. The van der Waals surface area contributed by atoms with Crippen molar-refractivity contribution < 1.29 is 17.6 Å². The Labute approximate surface area is 160 Å². The number of nitrogens with zero attached hydrogens (tertiary/aromatic N) is 1. The van der Waals surface area contributed by atoms with Gasteiger partial charge >= 0.3 is 0 Å². The first kappa shape index (κ1) is 21.1. The molecule has 0 unspecified atom stereocenters. The highest BCUT2D eigenvalue weighted by molar-refractivity contribution is 7.88. The van der Waals surface area contributed by atoms with E-state index in [1.165, 1.54) is 10.4 Å². The number of nitrogens with one attached hydrogen (secondary N) is 1. The lowest BCUT2D eigenvalue weighted by Crippen LogP contribution is -2.36. The van der Waals surface area contributed by atoms with Crippen LogP contribution in [0.5, 0.6) is 0 Å². The molecule has 0 radical (unpaired) electrons. The molecular weight excluding hydrogens is 367 g/mol. The molecule has 0 aliphatic rings. The van der Waals surface area contributed by atoms with E-state index in [0.717, 1.165) is 11.8 Å². The fourth-order valence-electron chi connectivity index (χ4n) is 2.69. The molecule has 27 heavy (non-hydrogen) atoms. The highest BCUT2D eigenvalue weighted by atomic mass is 32.2. The standard InChI is InChI=1S/C20H25FN2O3S/c1-27(25,26)23(15-12-17-7-3-2-4-8-17)16-13-20(24)22-14-11-18-9-5-6-10-19(18)21/h2-10H,11-16H2,1H3,(H,22,24). The summed E-state index contributed by atoms with van der Waals surface area (Å²) in [5.41, 5.74) is 1.58. The summed E-state index contributed by atoms with van der Waals surface area (Å²) >= 11 is 0. The van der Waals surface area contributed by atoms with E-state index in [-0.39, 0.29) is 24.7 Å². The number of rotatable bonds is 10. The van der Waals surface area contributed by atoms with Gasteiger partial charge in [0.15, 0.2) is 0 Å². The molecule has 2 aromatic carbocycles. The van der Waals surface area contributed by atoms with Crippen LogP contribution in [0.4, 0.5) is 4.39 Å². The average molecular weight is 392 g/mol. The number of sulfonamides is 1. The molecule has 0 fully saturated rings. The molecule has 0 bridgehead atoms. The third-order valence-electron chi connectivity index (χ3n) is 4.22. The van der Waals surface area contributed by atoms with Gasteiger partial charge in [-0.15, -0.1) is 0 Å². The van der Waals surface area contributed by atoms with Crippen molar-refractivity contribution in [2.45, 2.75) is 19.3 Å². The minimum Gasteiger partial charge on any atom is -0.356 e. The van der Waals surface area contributed by atoms with Crippen molar-refractivity contribution in [1.82, 2.24) is 9.62 Å². The topological polar surface area (TPSA) is 66.5 Å². The summed E-state index contributed by atoms with van der Waals surface area (Å²) in [6.07, 6.45) is 2.19. The largest absolute Gasteiger partial charge is 0.356 e. The number of hydrogen-bond acceptors (Lipinski definition) is 3. The average Bonchev–Trinajstić information content (AvgIpc) is 2.63. The summed E-state index contributed by atoms with van der Waals surface area (Å²) in [5, 5.41) is 2.71. The second kappa shape index (κ2) is 10.2. The quantitative estimate of drug-likeness (QED) is 0.675. The number of hydrogen-bond donors (Lipinski definition) is 1. The fraction of sp³-hybridized carbons (Fsp3) is 0.350. The first-order chi connectivity index (χ1) is 12.9. The first-order valence-corrected chi connectivity index (χ1v) is 10.7. The molecule has 146 valence electrons. The maximum atomic E-state index is 13.5. The van der Waals surface area contributed by atoms with Crippen LogP contribution in [-0.2, 0) is 27.7 Å². The molecule has 0 aromatic heterocycles. The fourth-order valence-corrected chi connectivity index (χ4v) is 3.54. The lowest BCUT2D eigenvalue weighted by molar-refractivity contribution is -0.121. The predicted octanol–water partition coefficient (Wildman–Crippen LogP) is 2.38. The molecule has 0 heterocycles. The molecular formula is C20H25FN2O3S. The Morgan fingerprint density at radius 1 is 1.00 bits per heavy atom. The van der Waals surface area contributed by atoms with Gasteiger partial charge in [-0.2, -0.15) is 0 Å². The van der Waals surface area contributed by atoms with E-state index < -0.39 is 10.0 Å². The zero-order valence-electron chi connectivity index (χ0n) is 15.4. The third kappa shape index (κ3) is 7.48. The maximum absolute atomic E-state index is 13.5. The number of amides is 1. The molecule has 2 aromatic rings. The van der Waals surface area contributed by atoms with Crippen molar-refractivity contribution in [3.05, 3.63) is 71.5 Å². The van der Waals surface area contributed by atoms with E-state index in [9.17, 15) is 17.6 Å². The molecule has 5 nitrogen and oxygen atoms in total. The lowest BCUT2D eigenvalue weighted by Gasteiger charge is -2.19. The van der Waals surface area contributed by atoms with Gasteiger partial charge in [-0.3, -0.25) is 4.79 Å². The molecule has 0 atom stereocenters. The molecule has 7 heteroatoms. The van der Waals surface area contributed by atoms with Gasteiger partial charge in [0.1, 0.15) is 5.82 Å². The summed E-state index contributed by atoms with van der Waals surface area (Å²) in [4.78, 5) is 12.0. The van der Waals surface area contributed by atoms with Crippen molar-refractivity contribution in [3.63, 3.8) is 0 Å². The normalized spacial score (nSPS) is 11.5. The Hall–Kier alpha value is -2.25. The zero-order chi connectivity index (χ0) is 19.7. The molecule has 0 aliphatic carbocycles. The second-order valence-corrected chi connectivity index (χ2v) is 8.32. The Balaban J connectivity index is 1.78. The summed E-state index contributed by atoms with van der Waals surface area (Å²) in [7, 11) is -3.40. The number of benzene rings is 2. The van der Waals surface area contributed by atoms with Crippen LogP contribution >= 0.6 is 0 Å². The minimum absolute atomic E-state index is 0.0686. The number of carbonyl (C=O) groups is 1. The highest BCUT2D eigenvalue weighted by Crippen LogP contribution is 2.07. The molecule has 0 saturated carbocycles. The van der Waals surface area contributed by atoms with Gasteiger partial charge in [-0.25, -0.2) is 17.1 Å². The van der Waals surface area contributed by atoms with Crippen LogP contribution in [-0.4, -0.2) is 44.5 Å². The number of carbonyl (C=O) groups excluding carboxylic acids is 1. The van der Waals surface area contributed by atoms with E-state index in [4.69, 9.17) is 0 Å². The molecule has 0 aliphatic heterocycles. The Morgan fingerprint density at radius 2 is 1.67 bits per heavy atom. The minimum atomic E-state index is -3.40. The molecule has 1 amide bonds. The first-order valence-electron chi connectivity index (χ1n) is 8.85. The SMILES string of the molecule is CS(=O)(=O)N(CCC(=O)NCCc1ccccc1F)CCc1ccccc1. The van der Waals surface area contributed by atoms with Gasteiger partial charge in [0.2, 0.25) is 15.9 Å². The van der Waals surface area contributed by atoms with Crippen LogP contribution in [0.15, 0.2) is 54.6 Å². The zero-order valence-corrected chi connectivity index (χ0v) is 16.2. The van der Waals surface area contributed by atoms with Crippen molar-refractivity contribution in [2.75, 3.05) is 25.9 Å². The monoisotopic (exact) mass is 392 g/mol. The summed E-state index contributed by atoms with van der Waals surface area (Å²) < 4.78 is 38.8. The van der Waals surface area contributed by atoms with E-state index in [0.29, 0.717) is 31.5 Å². The molecule has 1 N–H and O–H groups in total.